The lowest BCUT2D eigenvalue weighted by atomic mass is 10.3. The zero-order valence-corrected chi connectivity index (χ0v) is 11.5. The maximum atomic E-state index is 8.94. The van der Waals surface area contributed by atoms with Crippen LogP contribution in [0.15, 0.2) is 21.2 Å². The van der Waals surface area contributed by atoms with Crippen molar-refractivity contribution in [1.29, 1.82) is 0 Å². The van der Waals surface area contributed by atoms with Crippen molar-refractivity contribution in [3.8, 4) is 0 Å². The Hall–Kier alpha value is -0.360. The van der Waals surface area contributed by atoms with Crippen LogP contribution in [-0.2, 0) is 6.54 Å². The molecule has 1 aromatic rings. The molecular weight excluding hydrogens is 284 g/mol. The monoisotopic (exact) mass is 302 g/mol. The van der Waals surface area contributed by atoms with Gasteiger partial charge in [0.15, 0.2) is 4.67 Å². The van der Waals surface area contributed by atoms with Crippen LogP contribution in [0.5, 0.6) is 0 Å². The second kappa shape index (κ2) is 6.54. The molecular formula is C12H19BrN2O2. The SMILES string of the molecule is OCCN1CCCN(Cc2ccc(Br)o2)CC1. The molecule has 5 heteroatoms. The van der Waals surface area contributed by atoms with Gasteiger partial charge in [0.05, 0.1) is 13.2 Å². The van der Waals surface area contributed by atoms with Crippen LogP contribution in [0.25, 0.3) is 0 Å². The zero-order chi connectivity index (χ0) is 12.1. The zero-order valence-electron chi connectivity index (χ0n) is 9.94. The predicted octanol–water partition coefficient (Wildman–Crippen LogP) is 1.54. The number of furan rings is 1. The van der Waals surface area contributed by atoms with Gasteiger partial charge in [0.25, 0.3) is 0 Å². The summed E-state index contributed by atoms with van der Waals surface area (Å²) in [5.41, 5.74) is 0. The third-order valence-corrected chi connectivity index (χ3v) is 3.53. The fourth-order valence-electron chi connectivity index (χ4n) is 2.20. The Kier molecular flexibility index (Phi) is 5.03. The van der Waals surface area contributed by atoms with E-state index in [-0.39, 0.29) is 6.61 Å². The first-order valence-electron chi connectivity index (χ1n) is 6.08. The molecule has 2 heterocycles. The summed E-state index contributed by atoms with van der Waals surface area (Å²) in [4.78, 5) is 4.72. The predicted molar refractivity (Wildman–Crippen MR) is 69.8 cm³/mol. The Balaban J connectivity index is 1.82. The number of aliphatic hydroxyl groups is 1. The third-order valence-electron chi connectivity index (χ3n) is 3.11. The summed E-state index contributed by atoms with van der Waals surface area (Å²) in [5, 5.41) is 8.94. The number of hydrogen-bond donors (Lipinski definition) is 1. The van der Waals surface area contributed by atoms with Gasteiger partial charge in [0, 0.05) is 19.6 Å². The van der Waals surface area contributed by atoms with E-state index in [0.29, 0.717) is 0 Å². The minimum absolute atomic E-state index is 0.255. The van der Waals surface area contributed by atoms with E-state index in [9.17, 15) is 0 Å². The van der Waals surface area contributed by atoms with Crippen molar-refractivity contribution < 1.29 is 9.52 Å². The first-order chi connectivity index (χ1) is 8.28. The molecule has 2 rings (SSSR count). The molecule has 1 fully saturated rings. The normalized spacial score (nSPS) is 19.4. The van der Waals surface area contributed by atoms with Crippen LogP contribution in [0.3, 0.4) is 0 Å². The van der Waals surface area contributed by atoms with Crippen LogP contribution < -0.4 is 0 Å². The van der Waals surface area contributed by atoms with Crippen LogP contribution >= 0.6 is 15.9 Å². The Morgan fingerprint density at radius 2 is 1.94 bits per heavy atom. The lowest BCUT2D eigenvalue weighted by molar-refractivity contribution is 0.193. The molecule has 0 bridgehead atoms. The minimum Gasteiger partial charge on any atom is -0.453 e. The maximum absolute atomic E-state index is 8.94. The van der Waals surface area contributed by atoms with Gasteiger partial charge in [0.2, 0.25) is 0 Å². The quantitative estimate of drug-likeness (QED) is 0.916. The van der Waals surface area contributed by atoms with Gasteiger partial charge in [-0.1, -0.05) is 0 Å². The fraction of sp³-hybridized carbons (Fsp3) is 0.667. The second-order valence-electron chi connectivity index (χ2n) is 4.40. The highest BCUT2D eigenvalue weighted by atomic mass is 79.9. The molecule has 1 aliphatic rings. The van der Waals surface area contributed by atoms with Crippen LogP contribution in [0.1, 0.15) is 12.2 Å². The van der Waals surface area contributed by atoms with Crippen molar-refractivity contribution in [3.05, 3.63) is 22.6 Å². The van der Waals surface area contributed by atoms with Gasteiger partial charge in [-0.15, -0.1) is 0 Å². The summed E-state index contributed by atoms with van der Waals surface area (Å²) in [6.07, 6.45) is 1.15. The topological polar surface area (TPSA) is 39.9 Å². The number of nitrogens with zero attached hydrogens (tertiary/aromatic N) is 2. The molecule has 0 atom stereocenters. The Morgan fingerprint density at radius 1 is 1.18 bits per heavy atom. The standard InChI is InChI=1S/C12H19BrN2O2/c13-12-3-2-11(17-12)10-15-5-1-4-14(6-7-15)8-9-16/h2-3,16H,1,4-10H2. The van der Waals surface area contributed by atoms with Crippen molar-refractivity contribution >= 4 is 15.9 Å². The molecule has 17 heavy (non-hydrogen) atoms. The van der Waals surface area contributed by atoms with Gasteiger partial charge < -0.3 is 9.52 Å². The molecule has 1 saturated heterocycles. The van der Waals surface area contributed by atoms with Gasteiger partial charge in [-0.2, -0.15) is 0 Å². The van der Waals surface area contributed by atoms with Gasteiger partial charge in [0.1, 0.15) is 5.76 Å². The third kappa shape index (κ3) is 4.10. The number of halogens is 1. The lowest BCUT2D eigenvalue weighted by Gasteiger charge is -2.20. The van der Waals surface area contributed by atoms with E-state index in [4.69, 9.17) is 9.52 Å². The summed E-state index contributed by atoms with van der Waals surface area (Å²) >= 11 is 3.32. The van der Waals surface area contributed by atoms with Gasteiger partial charge >= 0.3 is 0 Å². The molecule has 0 aliphatic carbocycles. The highest BCUT2D eigenvalue weighted by molar-refractivity contribution is 9.10. The average Bonchev–Trinajstić information content (AvgIpc) is 2.58. The molecule has 1 aliphatic heterocycles. The van der Waals surface area contributed by atoms with Crippen molar-refractivity contribution in [2.75, 3.05) is 39.3 Å². The van der Waals surface area contributed by atoms with Gasteiger partial charge in [-0.3, -0.25) is 9.80 Å². The number of aliphatic hydroxyl groups excluding tert-OH is 1. The highest BCUT2D eigenvalue weighted by Gasteiger charge is 2.15. The minimum atomic E-state index is 0.255. The molecule has 0 amide bonds. The molecule has 0 spiro atoms. The van der Waals surface area contributed by atoms with E-state index < -0.39 is 0 Å². The lowest BCUT2D eigenvalue weighted by Crippen LogP contribution is -2.32. The number of β-amino-alcohol motifs (C(OH)–C–C–N with tert-alkyl or cyclic N) is 1. The van der Waals surface area contributed by atoms with Crippen LogP contribution in [0, 0.1) is 0 Å². The van der Waals surface area contributed by atoms with Crippen molar-refractivity contribution in [1.82, 2.24) is 9.80 Å². The molecule has 4 nitrogen and oxygen atoms in total. The first kappa shape index (κ1) is 13.1. The van der Waals surface area contributed by atoms with E-state index in [1.165, 1.54) is 0 Å². The number of rotatable bonds is 4. The largest absolute Gasteiger partial charge is 0.453 e. The molecule has 1 aromatic heterocycles. The van der Waals surface area contributed by atoms with Gasteiger partial charge in [-0.25, -0.2) is 0 Å². The highest BCUT2D eigenvalue weighted by Crippen LogP contribution is 2.16. The van der Waals surface area contributed by atoms with Crippen molar-refractivity contribution in [2.45, 2.75) is 13.0 Å². The molecule has 1 N–H and O–H groups in total. The summed E-state index contributed by atoms with van der Waals surface area (Å²) in [6.45, 7) is 6.17. The van der Waals surface area contributed by atoms with Crippen LogP contribution in [-0.4, -0.2) is 54.2 Å². The van der Waals surface area contributed by atoms with E-state index in [0.717, 1.165) is 56.1 Å². The Labute approximate surface area is 110 Å². The number of hydrogen-bond acceptors (Lipinski definition) is 4. The summed E-state index contributed by atoms with van der Waals surface area (Å²) < 4.78 is 6.32. The molecule has 0 radical (unpaired) electrons. The molecule has 96 valence electrons. The van der Waals surface area contributed by atoms with Crippen molar-refractivity contribution in [2.24, 2.45) is 0 Å². The summed E-state index contributed by atoms with van der Waals surface area (Å²) in [6, 6.07) is 3.95. The second-order valence-corrected chi connectivity index (χ2v) is 5.18. The average molecular weight is 303 g/mol. The summed E-state index contributed by atoms with van der Waals surface area (Å²) in [5.74, 6) is 1.01. The van der Waals surface area contributed by atoms with E-state index in [2.05, 4.69) is 25.7 Å². The fourth-order valence-corrected chi connectivity index (χ4v) is 2.54. The van der Waals surface area contributed by atoms with Crippen molar-refractivity contribution in [3.63, 3.8) is 0 Å². The van der Waals surface area contributed by atoms with Gasteiger partial charge in [-0.05, 0) is 47.6 Å². The Morgan fingerprint density at radius 3 is 2.65 bits per heavy atom. The van der Waals surface area contributed by atoms with Crippen LogP contribution in [0.2, 0.25) is 0 Å². The molecule has 0 unspecified atom stereocenters. The smallest absolute Gasteiger partial charge is 0.169 e. The molecule has 0 aromatic carbocycles. The Bertz CT molecular complexity index is 343. The molecule has 0 saturated carbocycles. The van der Waals surface area contributed by atoms with Crippen LogP contribution in [0.4, 0.5) is 0 Å². The van der Waals surface area contributed by atoms with E-state index in [1.807, 2.05) is 12.1 Å². The summed E-state index contributed by atoms with van der Waals surface area (Å²) in [7, 11) is 0. The maximum Gasteiger partial charge on any atom is 0.169 e. The first-order valence-corrected chi connectivity index (χ1v) is 6.87. The van der Waals surface area contributed by atoms with E-state index in [1.54, 1.807) is 0 Å². The van der Waals surface area contributed by atoms with E-state index >= 15 is 0 Å².